The van der Waals surface area contributed by atoms with Gasteiger partial charge in [0.1, 0.15) is 5.69 Å². The van der Waals surface area contributed by atoms with Gasteiger partial charge in [0.2, 0.25) is 0 Å². The zero-order valence-corrected chi connectivity index (χ0v) is 12.8. The molecule has 0 unspecified atom stereocenters. The van der Waals surface area contributed by atoms with E-state index in [-0.39, 0.29) is 5.91 Å². The van der Waals surface area contributed by atoms with Crippen molar-refractivity contribution in [3.8, 4) is 0 Å². The molecule has 0 atom stereocenters. The van der Waals surface area contributed by atoms with Crippen molar-refractivity contribution < 1.29 is 4.79 Å². The Bertz CT molecular complexity index is 616. The summed E-state index contributed by atoms with van der Waals surface area (Å²) in [5.41, 5.74) is 4.96. The van der Waals surface area contributed by atoms with Gasteiger partial charge in [0, 0.05) is 30.5 Å². The summed E-state index contributed by atoms with van der Waals surface area (Å²) in [5.74, 6) is -0.281. The molecule has 20 heavy (non-hydrogen) atoms. The van der Waals surface area contributed by atoms with Gasteiger partial charge in [-0.25, -0.2) is 5.43 Å². The van der Waals surface area contributed by atoms with Gasteiger partial charge in [0.05, 0.1) is 6.21 Å². The number of rotatable bonds is 4. The lowest BCUT2D eigenvalue weighted by molar-refractivity contribution is 0.0951. The van der Waals surface area contributed by atoms with Crippen LogP contribution < -0.4 is 10.3 Å². The first kappa shape index (κ1) is 14.3. The highest BCUT2D eigenvalue weighted by Crippen LogP contribution is 2.11. The summed E-state index contributed by atoms with van der Waals surface area (Å²) in [7, 11) is 3.97. The van der Waals surface area contributed by atoms with E-state index >= 15 is 0 Å². The Hall–Kier alpha value is -2.08. The van der Waals surface area contributed by atoms with Gasteiger partial charge < -0.3 is 9.88 Å². The number of benzene rings is 1. The molecular weight excluding hydrogens is 320 g/mol. The van der Waals surface area contributed by atoms with Crippen molar-refractivity contribution >= 4 is 33.7 Å². The second-order valence-electron chi connectivity index (χ2n) is 4.42. The molecule has 104 valence electrons. The molecule has 1 amide bonds. The summed E-state index contributed by atoms with van der Waals surface area (Å²) in [6.07, 6.45) is 3.30. The minimum Gasteiger partial charge on any atom is -0.378 e. The van der Waals surface area contributed by atoms with Crippen LogP contribution in [-0.4, -0.2) is 31.2 Å². The molecule has 2 N–H and O–H groups in total. The molecule has 5 nitrogen and oxygen atoms in total. The lowest BCUT2D eigenvalue weighted by atomic mass is 10.2. The molecular formula is C14H15BrN4O. The Kier molecular flexibility index (Phi) is 4.57. The highest BCUT2D eigenvalue weighted by atomic mass is 79.9. The molecule has 1 heterocycles. The third-order valence-electron chi connectivity index (χ3n) is 2.68. The molecule has 1 aromatic heterocycles. The zero-order valence-electron chi connectivity index (χ0n) is 11.2. The lowest BCUT2D eigenvalue weighted by Crippen LogP contribution is -2.17. The lowest BCUT2D eigenvalue weighted by Gasteiger charge is -2.11. The fourth-order valence-corrected chi connectivity index (χ4v) is 1.93. The Morgan fingerprint density at radius 1 is 1.35 bits per heavy atom. The fraction of sp³-hybridized carbons (Fsp3) is 0.143. The maximum Gasteiger partial charge on any atom is 0.287 e. The topological polar surface area (TPSA) is 60.5 Å². The molecule has 0 aliphatic heterocycles. The number of aromatic amines is 1. The first-order chi connectivity index (χ1) is 9.56. The smallest absolute Gasteiger partial charge is 0.287 e. The summed E-state index contributed by atoms with van der Waals surface area (Å²) in [5, 5.41) is 3.93. The second kappa shape index (κ2) is 6.38. The molecule has 0 aliphatic carbocycles. The van der Waals surface area contributed by atoms with Crippen LogP contribution in [0, 0.1) is 0 Å². The van der Waals surface area contributed by atoms with Crippen LogP contribution in [0.1, 0.15) is 16.1 Å². The van der Waals surface area contributed by atoms with Gasteiger partial charge in [-0.15, -0.1) is 0 Å². The first-order valence-corrected chi connectivity index (χ1v) is 6.80. The van der Waals surface area contributed by atoms with E-state index in [4.69, 9.17) is 0 Å². The van der Waals surface area contributed by atoms with E-state index in [2.05, 4.69) is 31.4 Å². The Morgan fingerprint density at radius 2 is 2.05 bits per heavy atom. The molecule has 0 saturated heterocycles. The number of anilines is 1. The number of carbonyl (C=O) groups is 1. The largest absolute Gasteiger partial charge is 0.378 e. The summed E-state index contributed by atoms with van der Waals surface area (Å²) < 4.78 is 0.825. The summed E-state index contributed by atoms with van der Waals surface area (Å²) >= 11 is 3.27. The van der Waals surface area contributed by atoms with E-state index in [0.717, 1.165) is 15.7 Å². The monoisotopic (exact) mass is 334 g/mol. The number of halogens is 1. The number of carbonyl (C=O) groups excluding carboxylic acids is 1. The predicted octanol–water partition coefficient (Wildman–Crippen LogP) is 2.61. The maximum atomic E-state index is 11.7. The second-order valence-corrected chi connectivity index (χ2v) is 5.33. The fourth-order valence-electron chi connectivity index (χ4n) is 1.58. The van der Waals surface area contributed by atoms with E-state index in [1.807, 2.05) is 43.3 Å². The van der Waals surface area contributed by atoms with Crippen LogP contribution in [-0.2, 0) is 0 Å². The van der Waals surface area contributed by atoms with Crippen molar-refractivity contribution in [3.63, 3.8) is 0 Å². The number of aromatic nitrogens is 1. The minimum atomic E-state index is -0.281. The van der Waals surface area contributed by atoms with Crippen molar-refractivity contribution in [2.24, 2.45) is 5.10 Å². The number of hydrogen-bond acceptors (Lipinski definition) is 3. The number of hydrogen-bond donors (Lipinski definition) is 2. The normalized spacial score (nSPS) is 10.8. The van der Waals surface area contributed by atoms with Gasteiger partial charge in [-0.3, -0.25) is 4.79 Å². The molecule has 6 heteroatoms. The molecule has 0 spiro atoms. The quantitative estimate of drug-likeness (QED) is 0.666. The molecule has 0 aliphatic rings. The molecule has 0 bridgehead atoms. The molecule has 0 fully saturated rings. The van der Waals surface area contributed by atoms with Crippen molar-refractivity contribution in [2.45, 2.75) is 0 Å². The van der Waals surface area contributed by atoms with E-state index < -0.39 is 0 Å². The number of amides is 1. The average Bonchev–Trinajstić information content (AvgIpc) is 2.86. The van der Waals surface area contributed by atoms with Crippen molar-refractivity contribution in [2.75, 3.05) is 19.0 Å². The van der Waals surface area contributed by atoms with Crippen LogP contribution in [0.5, 0.6) is 0 Å². The van der Waals surface area contributed by atoms with Crippen LogP contribution in [0.25, 0.3) is 0 Å². The SMILES string of the molecule is CN(C)c1ccc(/C=N\NC(=O)c2cc(Br)c[nH]2)cc1. The highest BCUT2D eigenvalue weighted by Gasteiger charge is 2.05. The van der Waals surface area contributed by atoms with Crippen LogP contribution in [0.3, 0.4) is 0 Å². The van der Waals surface area contributed by atoms with Gasteiger partial charge in [-0.1, -0.05) is 12.1 Å². The van der Waals surface area contributed by atoms with Crippen molar-refractivity contribution in [1.82, 2.24) is 10.4 Å². The van der Waals surface area contributed by atoms with Crippen LogP contribution in [0.4, 0.5) is 5.69 Å². The van der Waals surface area contributed by atoms with E-state index in [0.29, 0.717) is 5.69 Å². The van der Waals surface area contributed by atoms with Gasteiger partial charge in [-0.2, -0.15) is 5.10 Å². The highest BCUT2D eigenvalue weighted by molar-refractivity contribution is 9.10. The predicted molar refractivity (Wildman–Crippen MR) is 84.3 cm³/mol. The van der Waals surface area contributed by atoms with E-state index in [1.54, 1.807) is 18.5 Å². The Morgan fingerprint density at radius 3 is 2.60 bits per heavy atom. The molecule has 2 aromatic rings. The van der Waals surface area contributed by atoms with Crippen LogP contribution in [0.2, 0.25) is 0 Å². The maximum absolute atomic E-state index is 11.7. The minimum absolute atomic E-state index is 0.281. The Balaban J connectivity index is 1.94. The molecule has 2 rings (SSSR count). The third-order valence-corrected chi connectivity index (χ3v) is 3.14. The molecule has 1 aromatic carbocycles. The van der Waals surface area contributed by atoms with Crippen molar-refractivity contribution in [3.05, 3.63) is 52.3 Å². The van der Waals surface area contributed by atoms with Gasteiger partial charge in [-0.05, 0) is 39.7 Å². The third kappa shape index (κ3) is 3.71. The summed E-state index contributed by atoms with van der Waals surface area (Å²) in [4.78, 5) is 16.6. The molecule has 0 radical (unpaired) electrons. The van der Waals surface area contributed by atoms with Crippen LogP contribution in [0.15, 0.2) is 46.1 Å². The first-order valence-electron chi connectivity index (χ1n) is 6.01. The van der Waals surface area contributed by atoms with E-state index in [9.17, 15) is 4.79 Å². The van der Waals surface area contributed by atoms with Crippen LogP contribution >= 0.6 is 15.9 Å². The molecule has 0 saturated carbocycles. The standard InChI is InChI=1S/C14H15BrN4O/c1-19(2)12-5-3-10(4-6-12)8-17-18-14(20)13-7-11(15)9-16-13/h3-9,16H,1-2H3,(H,18,20)/b17-8-. The van der Waals surface area contributed by atoms with Gasteiger partial charge in [0.15, 0.2) is 0 Å². The zero-order chi connectivity index (χ0) is 14.5. The average molecular weight is 335 g/mol. The van der Waals surface area contributed by atoms with Crippen molar-refractivity contribution in [1.29, 1.82) is 0 Å². The van der Waals surface area contributed by atoms with E-state index in [1.165, 1.54) is 0 Å². The number of nitrogens with one attached hydrogen (secondary N) is 2. The Labute approximate surface area is 125 Å². The summed E-state index contributed by atoms with van der Waals surface area (Å²) in [6.45, 7) is 0. The number of nitrogens with zero attached hydrogens (tertiary/aromatic N) is 2. The number of H-pyrrole nitrogens is 1. The van der Waals surface area contributed by atoms with Gasteiger partial charge in [0.25, 0.3) is 5.91 Å². The summed E-state index contributed by atoms with van der Waals surface area (Å²) in [6, 6.07) is 9.56. The van der Waals surface area contributed by atoms with Gasteiger partial charge >= 0.3 is 0 Å². The number of hydrazone groups is 1.